The zero-order valence-corrected chi connectivity index (χ0v) is 10.4. The topological polar surface area (TPSA) is 121 Å². The molecule has 1 rings (SSSR count). The first-order valence-electron chi connectivity index (χ1n) is 2.65. The predicted molar refractivity (Wildman–Crippen MR) is 35.3 cm³/mol. The number of halogens is 2. The van der Waals surface area contributed by atoms with Crippen molar-refractivity contribution in [2.45, 2.75) is 31.7 Å². The van der Waals surface area contributed by atoms with Crippen LogP contribution in [0.4, 0.5) is 0 Å². The van der Waals surface area contributed by atoms with Gasteiger partial charge in [-0.05, 0) is 12.8 Å². The van der Waals surface area contributed by atoms with Gasteiger partial charge in [0.1, 0.15) is 0 Å². The number of hydrogen-bond acceptors (Lipinski definition) is 4. The van der Waals surface area contributed by atoms with Crippen molar-refractivity contribution in [1.82, 2.24) is 6.15 Å². The molecule has 0 amide bonds. The molecule has 0 unspecified atom stereocenters. The minimum Gasteiger partial charge on any atom is -1.00 e. The first kappa shape index (κ1) is 38.0. The van der Waals surface area contributed by atoms with Crippen molar-refractivity contribution in [3.8, 4) is 0 Å². The summed E-state index contributed by atoms with van der Waals surface area (Å²) < 4.78 is 0. The molecule has 1 aliphatic rings. The Morgan fingerprint density at radius 1 is 0.917 bits per heavy atom. The molecule has 4 nitrogen and oxygen atoms in total. The fourth-order valence-electron chi connectivity index (χ4n) is 0.957. The molecule has 0 saturated heterocycles. The van der Waals surface area contributed by atoms with Gasteiger partial charge in [-0.15, -0.1) is 0 Å². The third-order valence-electron chi connectivity index (χ3n) is 1.40. The Morgan fingerprint density at radius 3 is 1.25 bits per heavy atom. The monoisotopic (exact) mass is 401 g/mol. The van der Waals surface area contributed by atoms with Gasteiger partial charge in [0.15, 0.2) is 0 Å². The van der Waals surface area contributed by atoms with E-state index in [-0.39, 0.29) is 63.0 Å². The maximum Gasteiger partial charge on any atom is 2.00 e. The molecule has 1 saturated carbocycles. The maximum atomic E-state index is 5.53. The Morgan fingerprint density at radius 2 is 1.17 bits per heavy atom. The van der Waals surface area contributed by atoms with Crippen LogP contribution in [0.3, 0.4) is 0 Å². The van der Waals surface area contributed by atoms with E-state index in [4.69, 9.17) is 5.73 Å². The smallest absolute Gasteiger partial charge is 1.00 e. The summed E-state index contributed by atoms with van der Waals surface area (Å²) in [5, 5.41) is 0. The zero-order chi connectivity index (χ0) is 4.41. The van der Waals surface area contributed by atoms with Crippen LogP contribution in [-0.2, 0) is 21.1 Å². The molecule has 0 spiro atoms. The normalized spacial score (nSPS) is 12.8. The summed E-state index contributed by atoms with van der Waals surface area (Å²) >= 11 is 0. The first-order chi connectivity index (χ1) is 2.89. The minimum atomic E-state index is 0. The molecular formula is C5H16Cl2N2O2Pt-2. The van der Waals surface area contributed by atoms with Crippen LogP contribution in [0, 0.1) is 0 Å². The Balaban J connectivity index is -0.0000000150. The van der Waals surface area contributed by atoms with Crippen molar-refractivity contribution in [1.29, 1.82) is 0 Å². The molecule has 7 N–H and O–H groups in total. The summed E-state index contributed by atoms with van der Waals surface area (Å²) in [4.78, 5) is 0. The quantitative estimate of drug-likeness (QED) is 0.421. The van der Waals surface area contributed by atoms with Crippen molar-refractivity contribution >= 4 is 0 Å². The molecule has 0 aromatic heterocycles. The van der Waals surface area contributed by atoms with Crippen molar-refractivity contribution in [3.63, 3.8) is 0 Å². The molecule has 0 atom stereocenters. The van der Waals surface area contributed by atoms with Gasteiger partial charge in [-0.25, -0.2) is 0 Å². The number of nitrogens with two attached hydrogens (primary N) is 1. The van der Waals surface area contributed by atoms with Crippen molar-refractivity contribution < 1.29 is 56.8 Å². The van der Waals surface area contributed by atoms with E-state index in [1.54, 1.807) is 0 Å². The largest absolute Gasteiger partial charge is 2.00 e. The van der Waals surface area contributed by atoms with Gasteiger partial charge in [0.2, 0.25) is 0 Å². The van der Waals surface area contributed by atoms with Crippen LogP contribution < -0.4 is 36.7 Å². The van der Waals surface area contributed by atoms with Crippen LogP contribution in [0.5, 0.6) is 0 Å². The van der Waals surface area contributed by atoms with E-state index in [0.29, 0.717) is 6.04 Å². The van der Waals surface area contributed by atoms with E-state index in [1.807, 2.05) is 0 Å². The minimum absolute atomic E-state index is 0. The van der Waals surface area contributed by atoms with Gasteiger partial charge in [-0.2, -0.15) is 0 Å². The van der Waals surface area contributed by atoms with E-state index < -0.39 is 0 Å². The Kier molecular flexibility index (Phi) is 72.0. The Labute approximate surface area is 100 Å². The molecule has 0 heterocycles. The molecule has 84 valence electrons. The van der Waals surface area contributed by atoms with Crippen LogP contribution in [0.2, 0.25) is 0 Å². The van der Waals surface area contributed by atoms with Crippen LogP contribution in [0.25, 0.3) is 0 Å². The van der Waals surface area contributed by atoms with Gasteiger partial charge in [-0.1, -0.05) is 12.8 Å². The zero-order valence-electron chi connectivity index (χ0n) is 6.66. The van der Waals surface area contributed by atoms with Crippen molar-refractivity contribution in [2.24, 2.45) is 5.73 Å². The summed E-state index contributed by atoms with van der Waals surface area (Å²) in [6, 6.07) is 0.546. The molecule has 7 heteroatoms. The second kappa shape index (κ2) is 22.7. The second-order valence-electron chi connectivity index (χ2n) is 2.04. The van der Waals surface area contributed by atoms with Crippen LogP contribution >= 0.6 is 0 Å². The maximum absolute atomic E-state index is 5.53. The summed E-state index contributed by atoms with van der Waals surface area (Å²) in [5.41, 5.74) is 5.53. The third kappa shape index (κ3) is 17.3. The van der Waals surface area contributed by atoms with Gasteiger partial charge in [0.05, 0.1) is 0 Å². The molecule has 0 aromatic rings. The SMILES string of the molecule is N.NC1CCCC1.[Cl-].[Cl-].[OH-].[OH-].[Pt+2]. The summed E-state index contributed by atoms with van der Waals surface area (Å²) in [6.45, 7) is 0. The fourth-order valence-corrected chi connectivity index (χ4v) is 0.957. The summed E-state index contributed by atoms with van der Waals surface area (Å²) in [5.74, 6) is 0. The van der Waals surface area contributed by atoms with E-state index in [2.05, 4.69) is 0 Å². The van der Waals surface area contributed by atoms with E-state index in [9.17, 15) is 0 Å². The molecule has 12 heavy (non-hydrogen) atoms. The van der Waals surface area contributed by atoms with Gasteiger partial charge in [-0.3, -0.25) is 0 Å². The molecule has 0 radical (unpaired) electrons. The van der Waals surface area contributed by atoms with Crippen molar-refractivity contribution in [3.05, 3.63) is 0 Å². The van der Waals surface area contributed by atoms with Crippen LogP contribution in [0.15, 0.2) is 0 Å². The average molecular weight is 402 g/mol. The first-order valence-corrected chi connectivity index (χ1v) is 2.65. The fraction of sp³-hybridized carbons (Fsp3) is 1.00. The Bertz CT molecular complexity index is 58.7. The predicted octanol–water partition coefficient (Wildman–Crippen LogP) is -5.30. The van der Waals surface area contributed by atoms with Gasteiger partial charge >= 0.3 is 21.1 Å². The Hall–Kier alpha value is 1.11. The summed E-state index contributed by atoms with van der Waals surface area (Å²) in [7, 11) is 0. The molecule has 0 aromatic carbocycles. The molecule has 1 aliphatic carbocycles. The van der Waals surface area contributed by atoms with Crippen molar-refractivity contribution in [2.75, 3.05) is 0 Å². The molecular weight excluding hydrogens is 386 g/mol. The average Bonchev–Trinajstić information content (AvgIpc) is 1.86. The molecule has 1 fully saturated rings. The summed E-state index contributed by atoms with van der Waals surface area (Å²) in [6.07, 6.45) is 5.25. The van der Waals surface area contributed by atoms with E-state index >= 15 is 0 Å². The van der Waals surface area contributed by atoms with E-state index in [1.165, 1.54) is 25.7 Å². The standard InChI is InChI=1S/C5H11N.2ClH.H3N.2H2O.Pt/c6-5-3-1-2-4-5;;;;;;/h5H,1-4,6H2;2*1H;1H3;2*1H2;/q;;;;;;+2/p-4. The van der Waals surface area contributed by atoms with Gasteiger partial charge < -0.3 is 47.7 Å². The molecule has 0 aliphatic heterocycles. The van der Waals surface area contributed by atoms with Crippen LogP contribution in [-0.4, -0.2) is 17.0 Å². The molecule has 0 bridgehead atoms. The number of rotatable bonds is 0. The van der Waals surface area contributed by atoms with Gasteiger partial charge in [0, 0.05) is 6.04 Å². The van der Waals surface area contributed by atoms with Gasteiger partial charge in [0.25, 0.3) is 0 Å². The van der Waals surface area contributed by atoms with E-state index in [0.717, 1.165) is 0 Å². The third-order valence-corrected chi connectivity index (χ3v) is 1.40. The van der Waals surface area contributed by atoms with Crippen LogP contribution in [0.1, 0.15) is 25.7 Å². The second-order valence-corrected chi connectivity index (χ2v) is 2.04. The number of hydrogen-bond donors (Lipinski definition) is 2.